The second-order valence-electron chi connectivity index (χ2n) is 11.1. The second-order valence-corrected chi connectivity index (χ2v) is 12.9. The molecule has 4 aliphatic carbocycles. The highest BCUT2D eigenvalue weighted by Crippen LogP contribution is 2.61. The lowest BCUT2D eigenvalue weighted by Gasteiger charge is -2.56. The van der Waals surface area contributed by atoms with Crippen LogP contribution in [0, 0.1) is 30.1 Å². The number of amides is 1. The first-order chi connectivity index (χ1) is 17.5. The van der Waals surface area contributed by atoms with Crippen molar-refractivity contribution in [3.05, 3.63) is 53.7 Å². The molecule has 6 nitrogen and oxygen atoms in total. The topological polar surface area (TPSA) is 72.7 Å². The van der Waals surface area contributed by atoms with Gasteiger partial charge >= 0.3 is 0 Å². The van der Waals surface area contributed by atoms with E-state index in [2.05, 4.69) is 62.8 Å². The number of aryl methyl sites for hydroxylation is 1. The van der Waals surface area contributed by atoms with E-state index < -0.39 is 0 Å². The van der Waals surface area contributed by atoms with E-state index in [9.17, 15) is 4.79 Å². The van der Waals surface area contributed by atoms with Gasteiger partial charge in [-0.05, 0) is 68.6 Å². The largest absolute Gasteiger partial charge is 0.302 e. The first-order valence-electron chi connectivity index (χ1n) is 13.0. The van der Waals surface area contributed by atoms with E-state index in [1.54, 1.807) is 0 Å². The number of hydrogen-bond donors (Lipinski definition) is 1. The molecular formula is C28H33N5OS2. The number of thioether (sulfide) groups is 1. The van der Waals surface area contributed by atoms with Gasteiger partial charge in [-0.2, -0.15) is 0 Å². The lowest BCUT2D eigenvalue weighted by molar-refractivity contribution is -0.113. The summed E-state index contributed by atoms with van der Waals surface area (Å²) in [4.78, 5) is 17.3. The SMILES string of the molecule is C=CCn1c(CC23CC4CC(CC(C4)C2)C3)nnc1SCC(=O)Nc1nc(-c2ccc(C)cc2)cs1. The molecule has 4 fully saturated rings. The molecule has 0 unspecified atom stereocenters. The van der Waals surface area contributed by atoms with Gasteiger partial charge in [-0.25, -0.2) is 4.98 Å². The molecule has 7 rings (SSSR count). The fourth-order valence-corrected chi connectivity index (χ4v) is 8.69. The average molecular weight is 520 g/mol. The summed E-state index contributed by atoms with van der Waals surface area (Å²) in [7, 11) is 0. The molecule has 1 N–H and O–H groups in total. The lowest BCUT2D eigenvalue weighted by atomic mass is 9.49. The Morgan fingerprint density at radius 1 is 1.17 bits per heavy atom. The summed E-state index contributed by atoms with van der Waals surface area (Å²) in [6, 6.07) is 8.25. The summed E-state index contributed by atoms with van der Waals surface area (Å²) in [6.07, 6.45) is 11.3. The van der Waals surface area contributed by atoms with Crippen LogP contribution < -0.4 is 5.32 Å². The molecular weight excluding hydrogens is 486 g/mol. The van der Waals surface area contributed by atoms with Gasteiger partial charge in [-0.3, -0.25) is 4.79 Å². The highest BCUT2D eigenvalue weighted by Gasteiger charge is 2.51. The highest BCUT2D eigenvalue weighted by molar-refractivity contribution is 7.99. The van der Waals surface area contributed by atoms with Crippen molar-refractivity contribution in [2.24, 2.45) is 23.2 Å². The molecule has 0 saturated heterocycles. The van der Waals surface area contributed by atoms with Gasteiger partial charge in [0.1, 0.15) is 5.82 Å². The molecule has 188 valence electrons. The molecule has 0 spiro atoms. The minimum absolute atomic E-state index is 0.0828. The zero-order chi connectivity index (χ0) is 24.7. The monoisotopic (exact) mass is 519 g/mol. The summed E-state index contributed by atoms with van der Waals surface area (Å²) in [5.74, 6) is 4.00. The third-order valence-electron chi connectivity index (χ3n) is 8.23. The van der Waals surface area contributed by atoms with Gasteiger partial charge in [-0.15, -0.1) is 28.1 Å². The standard InChI is InChI=1S/C28H33N5OS2/c1-3-8-33-24(15-28-12-19-9-20(13-28)11-21(10-19)14-28)31-32-27(33)36-17-25(34)30-26-29-23(16-35-26)22-6-4-18(2)5-7-22/h3-7,16,19-21H,1,8-15,17H2,2H3,(H,29,30,34). The Morgan fingerprint density at radius 2 is 1.86 bits per heavy atom. The number of anilines is 1. The minimum Gasteiger partial charge on any atom is -0.302 e. The van der Waals surface area contributed by atoms with Gasteiger partial charge in [0, 0.05) is 23.9 Å². The molecule has 1 amide bonds. The maximum Gasteiger partial charge on any atom is 0.236 e. The van der Waals surface area contributed by atoms with Crippen molar-refractivity contribution in [3.63, 3.8) is 0 Å². The van der Waals surface area contributed by atoms with Crippen LogP contribution in [0.1, 0.15) is 49.9 Å². The van der Waals surface area contributed by atoms with Gasteiger partial charge in [0.25, 0.3) is 0 Å². The van der Waals surface area contributed by atoms with Crippen molar-refractivity contribution in [1.29, 1.82) is 0 Å². The lowest BCUT2D eigenvalue weighted by Crippen LogP contribution is -2.47. The van der Waals surface area contributed by atoms with Crippen LogP contribution in [0.2, 0.25) is 0 Å². The fraction of sp³-hybridized carbons (Fsp3) is 0.500. The number of nitrogens with one attached hydrogen (secondary N) is 1. The summed E-state index contributed by atoms with van der Waals surface area (Å²) in [5.41, 5.74) is 3.55. The zero-order valence-corrected chi connectivity index (χ0v) is 22.4. The molecule has 0 atom stereocenters. The third kappa shape index (κ3) is 4.90. The third-order valence-corrected chi connectivity index (χ3v) is 9.96. The number of nitrogens with zero attached hydrogens (tertiary/aromatic N) is 4. The Hall–Kier alpha value is -2.45. The van der Waals surface area contributed by atoms with Crippen LogP contribution in [0.5, 0.6) is 0 Å². The van der Waals surface area contributed by atoms with Crippen molar-refractivity contribution >= 4 is 34.1 Å². The molecule has 0 aliphatic heterocycles. The van der Waals surface area contributed by atoms with Crippen LogP contribution in [0.25, 0.3) is 11.3 Å². The quantitative estimate of drug-likeness (QED) is 0.262. The van der Waals surface area contributed by atoms with Crippen LogP contribution in [-0.4, -0.2) is 31.4 Å². The Balaban J connectivity index is 1.09. The summed E-state index contributed by atoms with van der Waals surface area (Å²) >= 11 is 2.88. The van der Waals surface area contributed by atoms with Crippen molar-refractivity contribution in [3.8, 4) is 11.3 Å². The molecule has 1 aromatic carbocycles. The molecule has 4 saturated carbocycles. The molecule has 4 aliphatic rings. The van der Waals surface area contributed by atoms with Gasteiger partial charge in [-0.1, -0.05) is 47.7 Å². The van der Waals surface area contributed by atoms with Crippen LogP contribution in [0.3, 0.4) is 0 Å². The predicted octanol–water partition coefficient (Wildman–Crippen LogP) is 6.39. The number of carbonyl (C=O) groups excluding carboxylic acids is 1. The van der Waals surface area contributed by atoms with E-state index in [1.165, 1.54) is 67.2 Å². The van der Waals surface area contributed by atoms with Gasteiger partial charge in [0.05, 0.1) is 11.4 Å². The molecule has 4 bridgehead atoms. The average Bonchev–Trinajstić information content (AvgIpc) is 3.44. The van der Waals surface area contributed by atoms with Gasteiger partial charge in [0.2, 0.25) is 5.91 Å². The number of allylic oxidation sites excluding steroid dienone is 1. The van der Waals surface area contributed by atoms with E-state index in [1.807, 2.05) is 11.5 Å². The van der Waals surface area contributed by atoms with E-state index in [0.717, 1.165) is 46.4 Å². The van der Waals surface area contributed by atoms with Crippen LogP contribution in [-0.2, 0) is 17.8 Å². The number of hydrogen-bond acceptors (Lipinski definition) is 6. The maximum absolute atomic E-state index is 12.7. The van der Waals surface area contributed by atoms with Gasteiger partial charge < -0.3 is 9.88 Å². The fourth-order valence-electron chi connectivity index (χ4n) is 7.18. The van der Waals surface area contributed by atoms with Crippen LogP contribution in [0.4, 0.5) is 5.13 Å². The summed E-state index contributed by atoms with van der Waals surface area (Å²) in [6.45, 7) is 6.69. The van der Waals surface area contributed by atoms with E-state index >= 15 is 0 Å². The van der Waals surface area contributed by atoms with Crippen molar-refractivity contribution < 1.29 is 4.79 Å². The second kappa shape index (κ2) is 9.78. The Labute approximate surface area is 221 Å². The minimum atomic E-state index is -0.0828. The van der Waals surface area contributed by atoms with Gasteiger partial charge in [0.15, 0.2) is 10.3 Å². The Kier molecular flexibility index (Phi) is 6.50. The molecule has 0 radical (unpaired) electrons. The van der Waals surface area contributed by atoms with Crippen LogP contribution in [0.15, 0.2) is 47.5 Å². The molecule has 3 aromatic rings. The summed E-state index contributed by atoms with van der Waals surface area (Å²) in [5, 5.41) is 15.5. The Morgan fingerprint density at radius 3 is 2.53 bits per heavy atom. The first kappa shape index (κ1) is 23.9. The Bertz CT molecular complexity index is 1230. The van der Waals surface area contributed by atoms with Crippen molar-refractivity contribution in [1.82, 2.24) is 19.7 Å². The normalized spacial score (nSPS) is 26.3. The molecule has 36 heavy (non-hydrogen) atoms. The highest BCUT2D eigenvalue weighted by atomic mass is 32.2. The predicted molar refractivity (Wildman–Crippen MR) is 146 cm³/mol. The number of benzene rings is 1. The number of rotatable bonds is 9. The molecule has 2 heterocycles. The van der Waals surface area contributed by atoms with Crippen LogP contribution >= 0.6 is 23.1 Å². The number of thiazole rings is 1. The molecule has 2 aromatic heterocycles. The number of carbonyl (C=O) groups is 1. The zero-order valence-electron chi connectivity index (χ0n) is 20.8. The van der Waals surface area contributed by atoms with E-state index in [0.29, 0.717) is 17.1 Å². The van der Waals surface area contributed by atoms with E-state index in [-0.39, 0.29) is 11.7 Å². The first-order valence-corrected chi connectivity index (χ1v) is 14.8. The maximum atomic E-state index is 12.7. The van der Waals surface area contributed by atoms with E-state index in [4.69, 9.17) is 0 Å². The number of aromatic nitrogens is 4. The molecule has 8 heteroatoms. The van der Waals surface area contributed by atoms with Crippen molar-refractivity contribution in [2.45, 2.75) is 63.6 Å². The summed E-state index contributed by atoms with van der Waals surface area (Å²) < 4.78 is 2.17. The van der Waals surface area contributed by atoms with Crippen molar-refractivity contribution in [2.75, 3.05) is 11.1 Å². The smallest absolute Gasteiger partial charge is 0.236 e.